The van der Waals surface area contributed by atoms with Gasteiger partial charge in [-0.05, 0) is 29.8 Å². The lowest BCUT2D eigenvalue weighted by Crippen LogP contribution is -2.24. The predicted molar refractivity (Wildman–Crippen MR) is 93.9 cm³/mol. The summed E-state index contributed by atoms with van der Waals surface area (Å²) in [5, 5.41) is 5.75. The quantitative estimate of drug-likeness (QED) is 0.750. The second-order valence-corrected chi connectivity index (χ2v) is 6.11. The Kier molecular flexibility index (Phi) is 5.18. The monoisotopic (exact) mass is 339 g/mol. The van der Waals surface area contributed by atoms with E-state index in [0.29, 0.717) is 13.0 Å². The van der Waals surface area contributed by atoms with Crippen molar-refractivity contribution in [2.45, 2.75) is 13.0 Å². The molecule has 6 heteroatoms. The van der Waals surface area contributed by atoms with E-state index in [4.69, 9.17) is 4.74 Å². The first-order valence-electron chi connectivity index (χ1n) is 7.49. The van der Waals surface area contributed by atoms with Gasteiger partial charge in [0.25, 0.3) is 0 Å². The highest BCUT2D eigenvalue weighted by molar-refractivity contribution is 7.09. The first-order valence-corrected chi connectivity index (χ1v) is 8.37. The van der Waals surface area contributed by atoms with Crippen LogP contribution in [-0.4, -0.2) is 23.0 Å². The van der Waals surface area contributed by atoms with Crippen molar-refractivity contribution in [2.24, 2.45) is 0 Å². The van der Waals surface area contributed by atoms with Gasteiger partial charge in [-0.3, -0.25) is 9.78 Å². The van der Waals surface area contributed by atoms with Gasteiger partial charge < -0.3 is 10.1 Å². The molecule has 1 N–H and O–H groups in total. The summed E-state index contributed by atoms with van der Waals surface area (Å²) in [4.78, 5) is 20.7. The second-order valence-electron chi connectivity index (χ2n) is 5.17. The number of hydrogen-bond acceptors (Lipinski definition) is 5. The van der Waals surface area contributed by atoms with Gasteiger partial charge in [-0.1, -0.05) is 12.1 Å². The molecule has 0 atom stereocenters. The third kappa shape index (κ3) is 4.17. The molecule has 0 bridgehead atoms. The number of benzene rings is 1. The Morgan fingerprint density at radius 2 is 2.08 bits per heavy atom. The summed E-state index contributed by atoms with van der Waals surface area (Å²) < 4.78 is 5.11. The Hall–Kier alpha value is -2.73. The van der Waals surface area contributed by atoms with E-state index in [-0.39, 0.29) is 5.91 Å². The number of pyridine rings is 1. The number of carbonyl (C=O) groups excluding carboxylic acids is 1. The number of nitrogens with zero attached hydrogens (tertiary/aromatic N) is 2. The highest BCUT2D eigenvalue weighted by atomic mass is 32.1. The van der Waals surface area contributed by atoms with Gasteiger partial charge in [0, 0.05) is 23.3 Å². The molecule has 0 radical (unpaired) electrons. The molecule has 0 aliphatic carbocycles. The van der Waals surface area contributed by atoms with E-state index < -0.39 is 0 Å². The Bertz CT molecular complexity index is 801. The number of thiazole rings is 1. The first kappa shape index (κ1) is 16.1. The number of ether oxygens (including phenoxy) is 1. The molecule has 0 spiro atoms. The van der Waals surface area contributed by atoms with Crippen LogP contribution in [0.2, 0.25) is 0 Å². The van der Waals surface area contributed by atoms with E-state index in [2.05, 4.69) is 15.3 Å². The third-order valence-corrected chi connectivity index (χ3v) is 4.32. The summed E-state index contributed by atoms with van der Waals surface area (Å²) in [7, 11) is 1.62. The maximum atomic E-state index is 12.0. The predicted octanol–water partition coefficient (Wildman–Crippen LogP) is 3.07. The van der Waals surface area contributed by atoms with Gasteiger partial charge in [0.15, 0.2) is 0 Å². The molecule has 0 fully saturated rings. The second kappa shape index (κ2) is 7.70. The molecule has 0 saturated carbocycles. The average Bonchev–Trinajstić information content (AvgIpc) is 3.10. The van der Waals surface area contributed by atoms with Crippen LogP contribution in [0.1, 0.15) is 10.6 Å². The first-order chi connectivity index (χ1) is 11.7. The van der Waals surface area contributed by atoms with Crippen molar-refractivity contribution >= 4 is 17.2 Å². The van der Waals surface area contributed by atoms with E-state index in [1.54, 1.807) is 19.5 Å². The molecule has 5 nitrogen and oxygen atoms in total. The van der Waals surface area contributed by atoms with E-state index in [0.717, 1.165) is 27.6 Å². The van der Waals surface area contributed by atoms with Crippen molar-refractivity contribution in [3.63, 3.8) is 0 Å². The molecule has 0 unspecified atom stereocenters. The Morgan fingerprint density at radius 3 is 2.79 bits per heavy atom. The Balaban J connectivity index is 1.53. The normalized spacial score (nSPS) is 10.4. The van der Waals surface area contributed by atoms with Gasteiger partial charge >= 0.3 is 0 Å². The fraction of sp³-hybridized carbons (Fsp3) is 0.167. The van der Waals surface area contributed by atoms with Crippen LogP contribution < -0.4 is 10.1 Å². The molecule has 1 aromatic carbocycles. The van der Waals surface area contributed by atoms with Crippen LogP contribution in [0.5, 0.6) is 5.75 Å². The summed E-state index contributed by atoms with van der Waals surface area (Å²) in [6, 6.07) is 11.3. The van der Waals surface area contributed by atoms with E-state index in [1.165, 1.54) is 11.3 Å². The number of amides is 1. The highest BCUT2D eigenvalue weighted by Crippen LogP contribution is 2.20. The van der Waals surface area contributed by atoms with Crippen molar-refractivity contribution in [1.82, 2.24) is 15.3 Å². The molecule has 0 aliphatic heterocycles. The molecule has 0 saturated heterocycles. The van der Waals surface area contributed by atoms with Gasteiger partial charge in [0.1, 0.15) is 10.8 Å². The minimum atomic E-state index is -0.0294. The zero-order chi connectivity index (χ0) is 16.8. The van der Waals surface area contributed by atoms with Gasteiger partial charge in [-0.15, -0.1) is 11.3 Å². The minimum Gasteiger partial charge on any atom is -0.497 e. The summed E-state index contributed by atoms with van der Waals surface area (Å²) in [6.07, 6.45) is 3.85. The van der Waals surface area contributed by atoms with Gasteiger partial charge in [0.2, 0.25) is 5.91 Å². The van der Waals surface area contributed by atoms with Crippen molar-refractivity contribution in [2.75, 3.05) is 7.11 Å². The summed E-state index contributed by atoms with van der Waals surface area (Å²) in [5.74, 6) is 0.753. The maximum Gasteiger partial charge on any atom is 0.224 e. The summed E-state index contributed by atoms with van der Waals surface area (Å²) in [6.45, 7) is 0.430. The molecule has 24 heavy (non-hydrogen) atoms. The van der Waals surface area contributed by atoms with Gasteiger partial charge in [-0.2, -0.15) is 0 Å². The molecule has 122 valence electrons. The van der Waals surface area contributed by atoms with E-state index >= 15 is 0 Å². The van der Waals surface area contributed by atoms with Crippen LogP contribution in [0.3, 0.4) is 0 Å². The van der Waals surface area contributed by atoms with Gasteiger partial charge in [-0.25, -0.2) is 4.98 Å². The number of hydrogen-bond donors (Lipinski definition) is 1. The smallest absolute Gasteiger partial charge is 0.224 e. The topological polar surface area (TPSA) is 64.1 Å². The molecule has 1 amide bonds. The fourth-order valence-electron chi connectivity index (χ4n) is 2.20. The number of methoxy groups -OCH3 is 1. The zero-order valence-corrected chi connectivity index (χ0v) is 14.0. The van der Waals surface area contributed by atoms with Crippen LogP contribution in [0, 0.1) is 0 Å². The van der Waals surface area contributed by atoms with Crippen LogP contribution in [0.25, 0.3) is 11.3 Å². The van der Waals surface area contributed by atoms with E-state index in [9.17, 15) is 4.79 Å². The van der Waals surface area contributed by atoms with Crippen LogP contribution in [0.4, 0.5) is 0 Å². The number of rotatable bonds is 6. The summed E-state index contributed by atoms with van der Waals surface area (Å²) in [5.41, 5.74) is 2.81. The highest BCUT2D eigenvalue weighted by Gasteiger charge is 2.07. The van der Waals surface area contributed by atoms with Crippen molar-refractivity contribution in [3.05, 3.63) is 64.7 Å². The van der Waals surface area contributed by atoms with E-state index in [1.807, 2.05) is 41.8 Å². The molecule has 2 aromatic heterocycles. The van der Waals surface area contributed by atoms with Crippen molar-refractivity contribution in [3.8, 4) is 17.0 Å². The SMILES string of the molecule is COc1ccc(CC(=O)NCc2nc(-c3cccnc3)cs2)cc1. The lowest BCUT2D eigenvalue weighted by Gasteiger charge is -2.04. The van der Waals surface area contributed by atoms with Crippen LogP contribution in [-0.2, 0) is 17.8 Å². The molecule has 3 rings (SSSR count). The van der Waals surface area contributed by atoms with Crippen molar-refractivity contribution < 1.29 is 9.53 Å². The average molecular weight is 339 g/mol. The largest absolute Gasteiger partial charge is 0.497 e. The van der Waals surface area contributed by atoms with Crippen LogP contribution in [0.15, 0.2) is 54.2 Å². The number of carbonyl (C=O) groups is 1. The summed E-state index contributed by atoms with van der Waals surface area (Å²) >= 11 is 1.53. The third-order valence-electron chi connectivity index (χ3n) is 3.47. The standard InChI is InChI=1S/C18H17N3O2S/c1-23-15-6-4-13(5-7-15)9-17(22)20-11-18-21-16(12-24-18)14-3-2-8-19-10-14/h2-8,10,12H,9,11H2,1H3,(H,20,22). The fourth-order valence-corrected chi connectivity index (χ4v) is 2.95. The Morgan fingerprint density at radius 1 is 1.25 bits per heavy atom. The van der Waals surface area contributed by atoms with Gasteiger partial charge in [0.05, 0.1) is 25.8 Å². The minimum absolute atomic E-state index is 0.0294. The lowest BCUT2D eigenvalue weighted by atomic mass is 10.1. The number of aromatic nitrogens is 2. The van der Waals surface area contributed by atoms with Crippen molar-refractivity contribution in [1.29, 1.82) is 0 Å². The molecule has 3 aromatic rings. The Labute approximate surface area is 144 Å². The molecule has 0 aliphatic rings. The lowest BCUT2D eigenvalue weighted by molar-refractivity contribution is -0.120. The molecular weight excluding hydrogens is 322 g/mol. The van der Waals surface area contributed by atoms with Crippen LogP contribution >= 0.6 is 11.3 Å². The number of nitrogens with one attached hydrogen (secondary N) is 1. The molecule has 2 heterocycles. The maximum absolute atomic E-state index is 12.0. The zero-order valence-electron chi connectivity index (χ0n) is 13.2. The molecular formula is C18H17N3O2S.